The molecule has 148 valence electrons. The van der Waals surface area contributed by atoms with Crippen molar-refractivity contribution >= 4 is 25.9 Å². The Kier molecular flexibility index (Phi) is 5.95. The minimum Gasteiger partial charge on any atom is -0.368 e. The smallest absolute Gasteiger partial charge is 0.240 e. The summed E-state index contributed by atoms with van der Waals surface area (Å²) in [6, 6.07) is 10.3. The van der Waals surface area contributed by atoms with E-state index in [2.05, 4.69) is 19.7 Å². The first-order chi connectivity index (χ1) is 13.3. The van der Waals surface area contributed by atoms with Gasteiger partial charge in [-0.05, 0) is 49.2 Å². The number of hydrogen-bond acceptors (Lipinski definition) is 7. The number of anilines is 1. The predicted octanol–water partition coefficient (Wildman–Crippen LogP) is 0.784. The van der Waals surface area contributed by atoms with Crippen LogP contribution in [0.25, 0.3) is 0 Å². The Morgan fingerprint density at radius 3 is 2.25 bits per heavy atom. The lowest BCUT2D eigenvalue weighted by Gasteiger charge is -2.10. The van der Waals surface area contributed by atoms with Crippen LogP contribution in [0.15, 0.2) is 52.4 Å². The standard InChI is InChI=1S/C17H19N5O4S2/c18-12-13-2-1-9-19-17(13)20-10-11-21-27(23,24)15-5-7-16(8-6-15)28(25,26)22-14-3-4-14/h1-2,5-9,14,21-22H,3-4,10-11H2,(H,19,20). The van der Waals surface area contributed by atoms with Gasteiger partial charge in [0.15, 0.2) is 0 Å². The zero-order chi connectivity index (χ0) is 20.2. The number of aromatic nitrogens is 1. The molecule has 1 saturated carbocycles. The molecule has 1 aromatic heterocycles. The van der Waals surface area contributed by atoms with Crippen molar-refractivity contribution < 1.29 is 16.8 Å². The number of rotatable bonds is 9. The lowest BCUT2D eigenvalue weighted by Crippen LogP contribution is -2.29. The number of pyridine rings is 1. The molecule has 0 unspecified atom stereocenters. The molecule has 1 aromatic carbocycles. The van der Waals surface area contributed by atoms with Gasteiger partial charge in [-0.3, -0.25) is 0 Å². The van der Waals surface area contributed by atoms with Gasteiger partial charge in [-0.2, -0.15) is 5.26 Å². The second-order valence-electron chi connectivity index (χ2n) is 6.20. The van der Waals surface area contributed by atoms with E-state index in [0.717, 1.165) is 12.8 Å². The van der Waals surface area contributed by atoms with E-state index in [1.807, 2.05) is 6.07 Å². The van der Waals surface area contributed by atoms with Gasteiger partial charge in [-0.15, -0.1) is 0 Å². The van der Waals surface area contributed by atoms with Crippen molar-refractivity contribution in [3.63, 3.8) is 0 Å². The number of benzene rings is 1. The topological polar surface area (TPSA) is 141 Å². The van der Waals surface area contributed by atoms with E-state index in [9.17, 15) is 16.8 Å². The van der Waals surface area contributed by atoms with Gasteiger partial charge in [-0.1, -0.05) is 0 Å². The maximum Gasteiger partial charge on any atom is 0.240 e. The minimum absolute atomic E-state index is 0.0248. The zero-order valence-corrected chi connectivity index (χ0v) is 16.4. The summed E-state index contributed by atoms with van der Waals surface area (Å²) in [6.45, 7) is 0.287. The molecule has 1 aliphatic rings. The summed E-state index contributed by atoms with van der Waals surface area (Å²) >= 11 is 0. The molecular formula is C17H19N5O4S2. The molecule has 0 amide bonds. The molecule has 0 atom stereocenters. The molecule has 1 fully saturated rings. The normalized spacial score (nSPS) is 14.4. The van der Waals surface area contributed by atoms with Gasteiger partial charge in [0.05, 0.1) is 15.4 Å². The fourth-order valence-electron chi connectivity index (χ4n) is 2.37. The van der Waals surface area contributed by atoms with Crippen molar-refractivity contribution in [3.8, 4) is 6.07 Å². The second kappa shape index (κ2) is 8.24. The SMILES string of the molecule is N#Cc1cccnc1NCCNS(=O)(=O)c1ccc(S(=O)(=O)NC2CC2)cc1. The molecule has 9 nitrogen and oxygen atoms in total. The number of nitriles is 1. The van der Waals surface area contributed by atoms with Gasteiger partial charge in [0, 0.05) is 25.3 Å². The zero-order valence-electron chi connectivity index (χ0n) is 14.8. The van der Waals surface area contributed by atoms with Crippen molar-refractivity contribution in [1.29, 1.82) is 5.26 Å². The number of nitrogens with zero attached hydrogens (tertiary/aromatic N) is 2. The van der Waals surface area contributed by atoms with E-state index in [-0.39, 0.29) is 28.9 Å². The molecule has 0 radical (unpaired) electrons. The molecule has 3 N–H and O–H groups in total. The fourth-order valence-corrected chi connectivity index (χ4v) is 4.71. The minimum atomic E-state index is -3.79. The highest BCUT2D eigenvalue weighted by atomic mass is 32.2. The second-order valence-corrected chi connectivity index (χ2v) is 9.68. The van der Waals surface area contributed by atoms with Crippen LogP contribution in [0.5, 0.6) is 0 Å². The Morgan fingerprint density at radius 2 is 1.64 bits per heavy atom. The summed E-state index contributed by atoms with van der Waals surface area (Å²) in [5.41, 5.74) is 0.363. The molecule has 0 aliphatic heterocycles. The quantitative estimate of drug-likeness (QED) is 0.508. The first kappa shape index (κ1) is 20.2. The van der Waals surface area contributed by atoms with Gasteiger partial charge in [0.25, 0.3) is 0 Å². The van der Waals surface area contributed by atoms with Crippen molar-refractivity contribution in [2.45, 2.75) is 28.7 Å². The molecule has 0 spiro atoms. The Morgan fingerprint density at radius 1 is 1.00 bits per heavy atom. The van der Waals surface area contributed by atoms with Crippen LogP contribution >= 0.6 is 0 Å². The first-order valence-electron chi connectivity index (χ1n) is 8.53. The van der Waals surface area contributed by atoms with E-state index < -0.39 is 20.0 Å². The Labute approximate surface area is 163 Å². The van der Waals surface area contributed by atoms with E-state index >= 15 is 0 Å². The third-order valence-electron chi connectivity index (χ3n) is 3.98. The van der Waals surface area contributed by atoms with E-state index in [1.165, 1.54) is 30.5 Å². The van der Waals surface area contributed by atoms with Crippen molar-refractivity contribution in [1.82, 2.24) is 14.4 Å². The number of hydrogen-bond donors (Lipinski definition) is 3. The third-order valence-corrected chi connectivity index (χ3v) is 6.99. The van der Waals surface area contributed by atoms with Gasteiger partial charge >= 0.3 is 0 Å². The highest BCUT2D eigenvalue weighted by molar-refractivity contribution is 7.90. The average Bonchev–Trinajstić information content (AvgIpc) is 3.49. The third kappa shape index (κ3) is 5.05. The van der Waals surface area contributed by atoms with Crippen LogP contribution in [0.1, 0.15) is 18.4 Å². The van der Waals surface area contributed by atoms with Crippen molar-refractivity contribution in [2.24, 2.45) is 0 Å². The molecule has 0 bridgehead atoms. The van der Waals surface area contributed by atoms with Gasteiger partial charge in [0.1, 0.15) is 11.9 Å². The van der Waals surface area contributed by atoms with Crippen LogP contribution in [0.4, 0.5) is 5.82 Å². The van der Waals surface area contributed by atoms with Crippen LogP contribution in [0.2, 0.25) is 0 Å². The summed E-state index contributed by atoms with van der Waals surface area (Å²) in [5.74, 6) is 0.377. The largest absolute Gasteiger partial charge is 0.368 e. The van der Waals surface area contributed by atoms with E-state index in [1.54, 1.807) is 12.1 Å². The predicted molar refractivity (Wildman–Crippen MR) is 102 cm³/mol. The highest BCUT2D eigenvalue weighted by Crippen LogP contribution is 2.22. The van der Waals surface area contributed by atoms with E-state index in [4.69, 9.17) is 5.26 Å². The van der Waals surface area contributed by atoms with Gasteiger partial charge in [0.2, 0.25) is 20.0 Å². The monoisotopic (exact) mass is 421 g/mol. The first-order valence-corrected chi connectivity index (χ1v) is 11.5. The summed E-state index contributed by atoms with van der Waals surface area (Å²) in [7, 11) is -7.42. The summed E-state index contributed by atoms with van der Waals surface area (Å²) < 4.78 is 53.9. The lowest BCUT2D eigenvalue weighted by atomic mass is 10.3. The lowest BCUT2D eigenvalue weighted by molar-refractivity contribution is 0.578. The maximum atomic E-state index is 12.3. The molecule has 11 heteroatoms. The maximum absolute atomic E-state index is 12.3. The molecule has 3 rings (SSSR count). The van der Waals surface area contributed by atoms with Gasteiger partial charge in [-0.25, -0.2) is 31.3 Å². The molecule has 28 heavy (non-hydrogen) atoms. The van der Waals surface area contributed by atoms with Crippen molar-refractivity contribution in [2.75, 3.05) is 18.4 Å². The van der Waals surface area contributed by atoms with Crippen molar-refractivity contribution in [3.05, 3.63) is 48.2 Å². The average molecular weight is 422 g/mol. The van der Waals surface area contributed by atoms with Crippen LogP contribution in [-0.2, 0) is 20.0 Å². The molecular weight excluding hydrogens is 402 g/mol. The Hall–Kier alpha value is -2.52. The molecule has 1 aliphatic carbocycles. The number of nitrogens with one attached hydrogen (secondary N) is 3. The van der Waals surface area contributed by atoms with Crippen LogP contribution in [-0.4, -0.2) is 41.0 Å². The molecule has 0 saturated heterocycles. The fraction of sp³-hybridized carbons (Fsp3) is 0.294. The summed E-state index contributed by atoms with van der Waals surface area (Å²) in [5, 5.41) is 11.9. The Bertz CT molecular complexity index is 1090. The van der Waals surface area contributed by atoms with Crippen LogP contribution in [0, 0.1) is 11.3 Å². The van der Waals surface area contributed by atoms with E-state index in [0.29, 0.717) is 11.4 Å². The highest BCUT2D eigenvalue weighted by Gasteiger charge is 2.28. The van der Waals surface area contributed by atoms with Crippen LogP contribution in [0.3, 0.4) is 0 Å². The van der Waals surface area contributed by atoms with Gasteiger partial charge < -0.3 is 5.32 Å². The summed E-state index contributed by atoms with van der Waals surface area (Å²) in [6.07, 6.45) is 3.16. The molecule has 1 heterocycles. The van der Waals surface area contributed by atoms with Crippen LogP contribution < -0.4 is 14.8 Å². The Balaban J connectivity index is 1.57. The molecule has 2 aromatic rings. The number of sulfonamides is 2. The summed E-state index contributed by atoms with van der Waals surface area (Å²) in [4.78, 5) is 4.02.